The number of nitrogens with zero attached hydrogens (tertiary/aromatic N) is 1. The van der Waals surface area contributed by atoms with Crippen LogP contribution in [0.5, 0.6) is 11.5 Å². The van der Waals surface area contributed by atoms with E-state index in [2.05, 4.69) is 0 Å². The van der Waals surface area contributed by atoms with Crippen LogP contribution >= 0.6 is 24.0 Å². The fourth-order valence-corrected chi connectivity index (χ4v) is 3.57. The van der Waals surface area contributed by atoms with Gasteiger partial charge in [-0.1, -0.05) is 37.0 Å². The standard InChI is InChI=1S/C18H21NO5S2/c1-3-9-24-13-6-5-12(10-14(13)23-4-2)11-15-17(22)19(18(25)26-15)8-7-16(20)21/h5-6,10-11H,3-4,7-9H2,1-2H3,(H,20,21)/p-1/b15-11-. The number of carbonyl (C=O) groups is 2. The summed E-state index contributed by atoms with van der Waals surface area (Å²) in [5.74, 6) is -0.243. The molecule has 0 atom stereocenters. The van der Waals surface area contributed by atoms with Gasteiger partial charge in [-0.15, -0.1) is 0 Å². The van der Waals surface area contributed by atoms with Gasteiger partial charge in [-0.25, -0.2) is 0 Å². The van der Waals surface area contributed by atoms with Crippen LogP contribution in [-0.4, -0.2) is 40.9 Å². The first-order chi connectivity index (χ1) is 12.5. The Hall–Kier alpha value is -2.06. The lowest BCUT2D eigenvalue weighted by Crippen LogP contribution is -2.33. The van der Waals surface area contributed by atoms with E-state index in [-0.39, 0.29) is 18.9 Å². The van der Waals surface area contributed by atoms with Crippen molar-refractivity contribution >= 4 is 46.3 Å². The number of carbonyl (C=O) groups excluding carboxylic acids is 2. The highest BCUT2D eigenvalue weighted by atomic mass is 32.2. The lowest BCUT2D eigenvalue weighted by Gasteiger charge is -2.14. The summed E-state index contributed by atoms with van der Waals surface area (Å²) in [6.45, 7) is 5.02. The van der Waals surface area contributed by atoms with Crippen molar-refractivity contribution in [1.29, 1.82) is 0 Å². The molecule has 1 aromatic rings. The molecule has 0 spiro atoms. The molecule has 0 aromatic heterocycles. The summed E-state index contributed by atoms with van der Waals surface area (Å²) < 4.78 is 11.6. The largest absolute Gasteiger partial charge is 0.550 e. The molecule has 0 bridgehead atoms. The normalized spacial score (nSPS) is 15.6. The van der Waals surface area contributed by atoms with Crippen LogP contribution in [0, 0.1) is 0 Å². The van der Waals surface area contributed by atoms with Crippen molar-refractivity contribution in [2.24, 2.45) is 0 Å². The Morgan fingerprint density at radius 3 is 2.73 bits per heavy atom. The Morgan fingerprint density at radius 2 is 2.08 bits per heavy atom. The zero-order valence-electron chi connectivity index (χ0n) is 14.6. The van der Waals surface area contributed by atoms with E-state index in [1.807, 2.05) is 32.0 Å². The number of hydrogen-bond acceptors (Lipinski definition) is 7. The molecule has 1 aliphatic heterocycles. The summed E-state index contributed by atoms with van der Waals surface area (Å²) >= 11 is 6.32. The highest BCUT2D eigenvalue weighted by molar-refractivity contribution is 8.26. The van der Waals surface area contributed by atoms with E-state index in [1.165, 1.54) is 4.90 Å². The molecule has 1 aliphatic rings. The lowest BCUT2D eigenvalue weighted by molar-refractivity contribution is -0.305. The second-order valence-electron chi connectivity index (χ2n) is 5.44. The van der Waals surface area contributed by atoms with E-state index in [0.717, 1.165) is 23.7 Å². The number of thiocarbonyl (C=S) groups is 1. The van der Waals surface area contributed by atoms with Gasteiger partial charge in [0.05, 0.1) is 18.1 Å². The van der Waals surface area contributed by atoms with E-state index in [0.29, 0.717) is 33.9 Å². The minimum Gasteiger partial charge on any atom is -0.550 e. The molecule has 26 heavy (non-hydrogen) atoms. The van der Waals surface area contributed by atoms with Crippen LogP contribution in [0.1, 0.15) is 32.3 Å². The SMILES string of the molecule is CCCOc1ccc(/C=C2\SC(=S)N(CCC(=O)[O-])C2=O)cc1OCC. The molecule has 1 saturated heterocycles. The van der Waals surface area contributed by atoms with Crippen LogP contribution in [0.25, 0.3) is 6.08 Å². The van der Waals surface area contributed by atoms with Gasteiger partial charge in [-0.3, -0.25) is 9.69 Å². The molecule has 1 aromatic carbocycles. The van der Waals surface area contributed by atoms with Gasteiger partial charge in [0.25, 0.3) is 5.91 Å². The predicted molar refractivity (Wildman–Crippen MR) is 103 cm³/mol. The number of carboxylic acid groups (broad SMARTS) is 1. The van der Waals surface area contributed by atoms with Gasteiger partial charge >= 0.3 is 0 Å². The molecule has 140 valence electrons. The molecule has 0 unspecified atom stereocenters. The summed E-state index contributed by atoms with van der Waals surface area (Å²) in [7, 11) is 0. The van der Waals surface area contributed by atoms with Crippen LogP contribution in [0.4, 0.5) is 0 Å². The first kappa shape index (κ1) is 20.3. The topological polar surface area (TPSA) is 78.9 Å². The van der Waals surface area contributed by atoms with Crippen molar-refractivity contribution in [2.45, 2.75) is 26.7 Å². The number of amides is 1. The molecular formula is C18H20NO5S2-. The molecule has 1 amide bonds. The first-order valence-electron chi connectivity index (χ1n) is 8.31. The van der Waals surface area contributed by atoms with Crippen LogP contribution in [-0.2, 0) is 9.59 Å². The minimum absolute atomic E-state index is 0.0122. The fraction of sp³-hybridized carbons (Fsp3) is 0.389. The Kier molecular flexibility index (Phi) is 7.47. The number of rotatable bonds is 9. The van der Waals surface area contributed by atoms with Crippen molar-refractivity contribution in [3.8, 4) is 11.5 Å². The maximum absolute atomic E-state index is 12.4. The van der Waals surface area contributed by atoms with Crippen LogP contribution in [0.15, 0.2) is 23.1 Å². The average Bonchev–Trinajstić information content (AvgIpc) is 2.86. The summed E-state index contributed by atoms with van der Waals surface area (Å²) in [6.07, 6.45) is 2.35. The number of aliphatic carboxylic acids is 1. The van der Waals surface area contributed by atoms with Crippen LogP contribution < -0.4 is 14.6 Å². The molecule has 0 N–H and O–H groups in total. The van der Waals surface area contributed by atoms with E-state index in [4.69, 9.17) is 21.7 Å². The molecule has 0 aliphatic carbocycles. The number of benzene rings is 1. The molecule has 0 saturated carbocycles. The molecule has 2 rings (SSSR count). The Balaban J connectivity index is 2.20. The van der Waals surface area contributed by atoms with Crippen molar-refractivity contribution in [2.75, 3.05) is 19.8 Å². The quantitative estimate of drug-likeness (QED) is 0.469. The molecular weight excluding hydrogens is 374 g/mol. The van der Waals surface area contributed by atoms with Crippen LogP contribution in [0.3, 0.4) is 0 Å². The Bertz CT molecular complexity index is 732. The van der Waals surface area contributed by atoms with Gasteiger partial charge in [0.15, 0.2) is 11.5 Å². The third-order valence-corrected chi connectivity index (χ3v) is 4.82. The van der Waals surface area contributed by atoms with Gasteiger partial charge in [0.1, 0.15) is 4.32 Å². The second-order valence-corrected chi connectivity index (χ2v) is 7.12. The maximum Gasteiger partial charge on any atom is 0.266 e. The monoisotopic (exact) mass is 394 g/mol. The maximum atomic E-state index is 12.4. The summed E-state index contributed by atoms with van der Waals surface area (Å²) in [5.41, 5.74) is 0.776. The summed E-state index contributed by atoms with van der Waals surface area (Å²) in [6, 6.07) is 5.45. The third kappa shape index (κ3) is 5.22. The van der Waals surface area contributed by atoms with Gasteiger partial charge in [-0.05, 0) is 37.1 Å². The van der Waals surface area contributed by atoms with Gasteiger partial charge in [0, 0.05) is 18.9 Å². The highest BCUT2D eigenvalue weighted by Crippen LogP contribution is 2.35. The number of carboxylic acids is 1. The zero-order chi connectivity index (χ0) is 19.1. The fourth-order valence-electron chi connectivity index (χ4n) is 2.26. The zero-order valence-corrected chi connectivity index (χ0v) is 16.3. The van der Waals surface area contributed by atoms with Gasteiger partial charge in [-0.2, -0.15) is 0 Å². The number of ether oxygens (including phenoxy) is 2. The minimum atomic E-state index is -1.22. The van der Waals surface area contributed by atoms with E-state index in [9.17, 15) is 14.7 Å². The second kappa shape index (κ2) is 9.59. The summed E-state index contributed by atoms with van der Waals surface area (Å²) in [4.78, 5) is 24.8. The van der Waals surface area contributed by atoms with Crippen molar-refractivity contribution in [3.05, 3.63) is 28.7 Å². The Morgan fingerprint density at radius 1 is 1.31 bits per heavy atom. The average molecular weight is 394 g/mol. The lowest BCUT2D eigenvalue weighted by atomic mass is 10.2. The molecule has 1 heterocycles. The van der Waals surface area contributed by atoms with Crippen molar-refractivity contribution in [3.63, 3.8) is 0 Å². The van der Waals surface area contributed by atoms with E-state index >= 15 is 0 Å². The smallest absolute Gasteiger partial charge is 0.266 e. The highest BCUT2D eigenvalue weighted by Gasteiger charge is 2.31. The van der Waals surface area contributed by atoms with E-state index < -0.39 is 5.97 Å². The Labute approximate surface area is 162 Å². The molecule has 8 heteroatoms. The van der Waals surface area contributed by atoms with E-state index in [1.54, 1.807) is 6.08 Å². The summed E-state index contributed by atoms with van der Waals surface area (Å²) in [5, 5.41) is 10.6. The van der Waals surface area contributed by atoms with Crippen molar-refractivity contribution in [1.82, 2.24) is 4.90 Å². The predicted octanol–water partition coefficient (Wildman–Crippen LogP) is 2.22. The molecule has 6 nitrogen and oxygen atoms in total. The number of thioether (sulfide) groups is 1. The van der Waals surface area contributed by atoms with Crippen molar-refractivity contribution < 1.29 is 24.2 Å². The first-order valence-corrected chi connectivity index (χ1v) is 9.53. The third-order valence-electron chi connectivity index (χ3n) is 3.44. The number of hydrogen-bond donors (Lipinski definition) is 0. The van der Waals surface area contributed by atoms with Gasteiger partial charge in [0.2, 0.25) is 0 Å². The molecule has 0 radical (unpaired) electrons. The molecule has 1 fully saturated rings. The van der Waals surface area contributed by atoms with Crippen LogP contribution in [0.2, 0.25) is 0 Å². The van der Waals surface area contributed by atoms with Gasteiger partial charge < -0.3 is 19.4 Å².